The molecule has 0 spiro atoms. The molecule has 0 saturated heterocycles. The van der Waals surface area contributed by atoms with E-state index in [0.717, 1.165) is 6.10 Å². The highest BCUT2D eigenvalue weighted by molar-refractivity contribution is 9.23. The number of halogens is 1. The smallest absolute Gasteiger partial charge is 0.155 e. The van der Waals surface area contributed by atoms with E-state index in [9.17, 15) is 0 Å². The second-order valence-electron chi connectivity index (χ2n) is 2.77. The third-order valence-corrected chi connectivity index (χ3v) is 2.63. The van der Waals surface area contributed by atoms with Crippen LogP contribution >= 0.6 is 15.8 Å². The summed E-state index contributed by atoms with van der Waals surface area (Å²) in [6.07, 6.45) is 0.925. The van der Waals surface area contributed by atoms with Gasteiger partial charge in [-0.25, -0.2) is 0 Å². The Morgan fingerprint density at radius 3 is 2.50 bits per heavy atom. The van der Waals surface area contributed by atoms with Gasteiger partial charge in [0.15, 0.2) is 0 Å². The van der Waals surface area contributed by atoms with Crippen molar-refractivity contribution in [1.29, 1.82) is 0 Å². The predicted octanol–water partition coefficient (Wildman–Crippen LogP) is 2.21. The average molecular weight is 219 g/mol. The summed E-state index contributed by atoms with van der Waals surface area (Å²) in [7, 11) is 0. The SMILES string of the molecule is BrBc1cccc2ccccc12. The van der Waals surface area contributed by atoms with Crippen LogP contribution in [0.3, 0.4) is 0 Å². The Bertz CT molecular complexity index is 392. The minimum atomic E-state index is 0.925. The highest BCUT2D eigenvalue weighted by atomic mass is 79.9. The molecule has 0 saturated carbocycles. The van der Waals surface area contributed by atoms with E-state index in [-0.39, 0.29) is 0 Å². The second kappa shape index (κ2) is 3.32. The molecule has 0 aliphatic rings. The first-order chi connectivity index (χ1) is 5.92. The Hall–Kier alpha value is -0.755. The Balaban J connectivity index is 2.79. The quantitative estimate of drug-likeness (QED) is 0.645. The molecule has 0 bridgehead atoms. The zero-order valence-corrected chi connectivity index (χ0v) is 8.21. The van der Waals surface area contributed by atoms with Crippen LogP contribution in [0, 0.1) is 0 Å². The summed E-state index contributed by atoms with van der Waals surface area (Å²) in [4.78, 5) is 0. The van der Waals surface area contributed by atoms with E-state index in [1.54, 1.807) is 0 Å². The normalized spacial score (nSPS) is 10.1. The van der Waals surface area contributed by atoms with Crippen molar-refractivity contribution in [3.8, 4) is 0 Å². The van der Waals surface area contributed by atoms with Gasteiger partial charge >= 0.3 is 0 Å². The zero-order valence-electron chi connectivity index (χ0n) is 6.63. The van der Waals surface area contributed by atoms with Crippen molar-refractivity contribution < 1.29 is 0 Å². The lowest BCUT2D eigenvalue weighted by molar-refractivity contribution is 1.78. The van der Waals surface area contributed by atoms with Crippen LogP contribution in [-0.4, -0.2) is 6.10 Å². The van der Waals surface area contributed by atoms with Crippen LogP contribution in [0.2, 0.25) is 0 Å². The third kappa shape index (κ3) is 1.27. The minimum absolute atomic E-state index is 0.925. The molecule has 0 unspecified atom stereocenters. The molecular weight excluding hydrogens is 211 g/mol. The molecule has 0 aliphatic heterocycles. The molecule has 2 aromatic rings. The van der Waals surface area contributed by atoms with Crippen molar-refractivity contribution in [2.24, 2.45) is 0 Å². The molecule has 2 aromatic carbocycles. The predicted molar refractivity (Wildman–Crippen MR) is 59.7 cm³/mol. The molecule has 0 aliphatic carbocycles. The number of hydrogen-bond donors (Lipinski definition) is 0. The first kappa shape index (κ1) is 7.87. The number of benzene rings is 2. The fraction of sp³-hybridized carbons (Fsp3) is 0. The van der Waals surface area contributed by atoms with E-state index < -0.39 is 0 Å². The van der Waals surface area contributed by atoms with Gasteiger partial charge in [-0.3, -0.25) is 0 Å². The van der Waals surface area contributed by atoms with Gasteiger partial charge in [-0.1, -0.05) is 47.9 Å². The monoisotopic (exact) mass is 218 g/mol. The zero-order chi connectivity index (χ0) is 8.39. The van der Waals surface area contributed by atoms with E-state index in [2.05, 4.69) is 58.2 Å². The first-order valence-electron chi connectivity index (χ1n) is 3.94. The lowest BCUT2D eigenvalue weighted by Crippen LogP contribution is -2.08. The highest BCUT2D eigenvalue weighted by Gasteiger charge is 1.97. The standard InChI is InChI=1S/C10H8BBr/c12-11-10-7-3-5-8-4-1-2-6-9(8)10/h1-7,11H. The van der Waals surface area contributed by atoms with Crippen LogP contribution in [-0.2, 0) is 0 Å². The lowest BCUT2D eigenvalue weighted by Gasteiger charge is -2.00. The molecule has 0 nitrogen and oxygen atoms in total. The number of rotatable bonds is 1. The van der Waals surface area contributed by atoms with Crippen LogP contribution in [0.5, 0.6) is 0 Å². The Kier molecular flexibility index (Phi) is 2.18. The van der Waals surface area contributed by atoms with E-state index in [1.165, 1.54) is 16.2 Å². The molecule has 12 heavy (non-hydrogen) atoms. The molecule has 2 rings (SSSR count). The van der Waals surface area contributed by atoms with Gasteiger partial charge in [0.1, 0.15) is 0 Å². The molecule has 0 N–H and O–H groups in total. The number of fused-ring (bicyclic) bond motifs is 1. The summed E-state index contributed by atoms with van der Waals surface area (Å²) in [6, 6.07) is 14.8. The van der Waals surface area contributed by atoms with Crippen molar-refractivity contribution in [3.05, 3.63) is 42.5 Å². The minimum Gasteiger partial charge on any atom is -0.155 e. The van der Waals surface area contributed by atoms with Gasteiger partial charge in [-0.15, -0.1) is 0 Å². The molecule has 58 valence electrons. The fourth-order valence-electron chi connectivity index (χ4n) is 1.41. The van der Waals surface area contributed by atoms with Crippen molar-refractivity contribution >= 4 is 38.1 Å². The molecule has 0 atom stereocenters. The van der Waals surface area contributed by atoms with Gasteiger partial charge in [0, 0.05) is 0 Å². The third-order valence-electron chi connectivity index (χ3n) is 2.02. The topological polar surface area (TPSA) is 0 Å². The summed E-state index contributed by atoms with van der Waals surface area (Å²) in [5.74, 6) is 0. The molecule has 0 fully saturated rings. The summed E-state index contributed by atoms with van der Waals surface area (Å²) in [5.41, 5.74) is 1.35. The van der Waals surface area contributed by atoms with Gasteiger partial charge < -0.3 is 0 Å². The largest absolute Gasteiger partial charge is 0.238 e. The van der Waals surface area contributed by atoms with E-state index >= 15 is 0 Å². The van der Waals surface area contributed by atoms with Crippen LogP contribution in [0.25, 0.3) is 10.8 Å². The maximum Gasteiger partial charge on any atom is 0.238 e. The van der Waals surface area contributed by atoms with Gasteiger partial charge in [-0.05, 0) is 10.8 Å². The van der Waals surface area contributed by atoms with Gasteiger partial charge in [0.2, 0.25) is 6.10 Å². The molecule has 0 amide bonds. The van der Waals surface area contributed by atoms with E-state index in [4.69, 9.17) is 0 Å². The first-order valence-corrected chi connectivity index (χ1v) is 5.06. The van der Waals surface area contributed by atoms with Crippen LogP contribution in [0.1, 0.15) is 0 Å². The summed E-state index contributed by atoms with van der Waals surface area (Å²) >= 11 is 3.48. The fourth-order valence-corrected chi connectivity index (χ4v) is 1.90. The van der Waals surface area contributed by atoms with Crippen LogP contribution in [0.15, 0.2) is 42.5 Å². The Labute approximate surface area is 80.8 Å². The van der Waals surface area contributed by atoms with Gasteiger partial charge in [-0.2, -0.15) is 15.8 Å². The summed E-state index contributed by atoms with van der Waals surface area (Å²) in [6.45, 7) is 0. The van der Waals surface area contributed by atoms with Crippen molar-refractivity contribution in [2.75, 3.05) is 0 Å². The van der Waals surface area contributed by atoms with Crippen LogP contribution in [0.4, 0.5) is 0 Å². The average Bonchev–Trinajstić information content (AvgIpc) is 2.17. The Morgan fingerprint density at radius 1 is 0.917 bits per heavy atom. The molecule has 0 aromatic heterocycles. The van der Waals surface area contributed by atoms with Gasteiger partial charge in [0.05, 0.1) is 0 Å². The van der Waals surface area contributed by atoms with Crippen molar-refractivity contribution in [2.45, 2.75) is 0 Å². The maximum absolute atomic E-state index is 3.48. The molecular formula is C10H8BBr. The highest BCUT2D eigenvalue weighted by Crippen LogP contribution is 2.10. The van der Waals surface area contributed by atoms with Gasteiger partial charge in [0.25, 0.3) is 0 Å². The van der Waals surface area contributed by atoms with E-state index in [0.29, 0.717) is 0 Å². The Morgan fingerprint density at radius 2 is 1.67 bits per heavy atom. The number of hydrogen-bond acceptors (Lipinski definition) is 0. The van der Waals surface area contributed by atoms with E-state index in [1.807, 2.05) is 0 Å². The maximum atomic E-state index is 3.48. The van der Waals surface area contributed by atoms with Crippen molar-refractivity contribution in [1.82, 2.24) is 0 Å². The van der Waals surface area contributed by atoms with Crippen LogP contribution < -0.4 is 5.46 Å². The molecule has 0 heterocycles. The molecule has 2 heteroatoms. The second-order valence-corrected chi connectivity index (χ2v) is 3.33. The summed E-state index contributed by atoms with van der Waals surface area (Å²) in [5, 5.41) is 2.66. The molecule has 0 radical (unpaired) electrons. The van der Waals surface area contributed by atoms with Crippen molar-refractivity contribution in [3.63, 3.8) is 0 Å². The lowest BCUT2D eigenvalue weighted by atomic mass is 9.90. The summed E-state index contributed by atoms with van der Waals surface area (Å²) < 4.78 is 0.